The van der Waals surface area contributed by atoms with Crippen molar-refractivity contribution in [1.29, 1.82) is 0 Å². The van der Waals surface area contributed by atoms with Crippen LogP contribution in [0.4, 0.5) is 0 Å². The summed E-state index contributed by atoms with van der Waals surface area (Å²) in [6.45, 7) is 2.15. The first-order chi connectivity index (χ1) is 9.65. The van der Waals surface area contributed by atoms with Crippen LogP contribution in [0.5, 0.6) is 0 Å². The van der Waals surface area contributed by atoms with Crippen molar-refractivity contribution >= 4 is 22.9 Å². The minimum absolute atomic E-state index is 0.162. The molecule has 0 aliphatic rings. The van der Waals surface area contributed by atoms with Crippen LogP contribution < -0.4 is 10.9 Å². The van der Waals surface area contributed by atoms with Crippen molar-refractivity contribution in [3.63, 3.8) is 0 Å². The number of carbonyl (C=O) groups excluding carboxylic acids is 1. The molecule has 3 heterocycles. The smallest absolute Gasteiger partial charge is 0.293 e. The molecule has 0 bridgehead atoms. The number of rotatable bonds is 3. The van der Waals surface area contributed by atoms with E-state index in [0.717, 1.165) is 4.88 Å². The van der Waals surface area contributed by atoms with Crippen LogP contribution in [-0.4, -0.2) is 25.5 Å². The van der Waals surface area contributed by atoms with Gasteiger partial charge in [0.2, 0.25) is 5.65 Å². The number of nitrogens with one attached hydrogen (secondary N) is 2. The molecule has 0 aliphatic carbocycles. The number of H-pyrrole nitrogens is 1. The summed E-state index contributed by atoms with van der Waals surface area (Å²) < 4.78 is 1.55. The first-order valence-electron chi connectivity index (χ1n) is 5.91. The molecule has 0 saturated heterocycles. The van der Waals surface area contributed by atoms with Gasteiger partial charge in [-0.1, -0.05) is 0 Å². The van der Waals surface area contributed by atoms with E-state index in [1.807, 2.05) is 13.0 Å². The number of aryl methyl sites for hydroxylation is 1. The zero-order valence-electron chi connectivity index (χ0n) is 10.6. The Morgan fingerprint density at radius 3 is 3.05 bits per heavy atom. The third-order valence-electron chi connectivity index (χ3n) is 2.78. The largest absolute Gasteiger partial charge is 0.344 e. The first kappa shape index (κ1) is 12.5. The summed E-state index contributed by atoms with van der Waals surface area (Å²) in [6.07, 6.45) is 3.15. The third kappa shape index (κ3) is 2.21. The van der Waals surface area contributed by atoms with E-state index in [9.17, 15) is 9.59 Å². The monoisotopic (exact) mass is 289 g/mol. The molecular weight excluding hydrogens is 278 g/mol. The van der Waals surface area contributed by atoms with E-state index in [4.69, 9.17) is 0 Å². The molecule has 2 N–H and O–H groups in total. The highest BCUT2D eigenvalue weighted by atomic mass is 32.1. The van der Waals surface area contributed by atoms with E-state index in [-0.39, 0.29) is 23.7 Å². The van der Waals surface area contributed by atoms with Crippen molar-refractivity contribution in [2.24, 2.45) is 0 Å². The Hall–Kier alpha value is -2.48. The lowest BCUT2D eigenvalue weighted by molar-refractivity contribution is 0.0954. The van der Waals surface area contributed by atoms with Gasteiger partial charge in [-0.2, -0.15) is 0 Å². The fourth-order valence-corrected chi connectivity index (χ4v) is 2.59. The Bertz CT molecular complexity index is 832. The van der Waals surface area contributed by atoms with Gasteiger partial charge in [0.15, 0.2) is 5.82 Å². The lowest BCUT2D eigenvalue weighted by Crippen LogP contribution is -2.23. The second-order valence-corrected chi connectivity index (χ2v) is 5.48. The zero-order valence-corrected chi connectivity index (χ0v) is 11.4. The maximum Gasteiger partial charge on any atom is 0.293 e. The van der Waals surface area contributed by atoms with Crippen LogP contribution in [0.15, 0.2) is 29.3 Å². The van der Waals surface area contributed by atoms with Crippen molar-refractivity contribution in [3.8, 4) is 0 Å². The number of thiophene rings is 1. The topological polar surface area (TPSA) is 92.2 Å². The minimum atomic E-state index is -0.313. The molecule has 20 heavy (non-hydrogen) atoms. The fraction of sp³-hybridized carbons (Fsp3) is 0.167. The van der Waals surface area contributed by atoms with Crippen molar-refractivity contribution in [1.82, 2.24) is 24.9 Å². The number of amides is 1. The molecule has 8 heteroatoms. The molecule has 102 valence electrons. The van der Waals surface area contributed by atoms with Gasteiger partial charge in [0, 0.05) is 17.3 Å². The molecular formula is C12H11N5O2S. The highest BCUT2D eigenvalue weighted by molar-refractivity contribution is 7.13. The molecule has 0 radical (unpaired) electrons. The summed E-state index contributed by atoms with van der Waals surface area (Å²) in [5.74, 6) is 0.345. The molecule has 0 saturated carbocycles. The SMILES string of the molecule is Cc1ccc(C(=O)NCc2nnc3c(=O)[nH]ccn23)s1. The second kappa shape index (κ2) is 4.89. The molecule has 0 atom stereocenters. The number of aromatic nitrogens is 4. The van der Waals surface area contributed by atoms with E-state index in [1.165, 1.54) is 17.5 Å². The van der Waals surface area contributed by atoms with Crippen molar-refractivity contribution in [2.45, 2.75) is 13.5 Å². The summed E-state index contributed by atoms with van der Waals surface area (Å²) in [4.78, 5) is 27.7. The van der Waals surface area contributed by atoms with Crippen molar-refractivity contribution in [2.75, 3.05) is 0 Å². The molecule has 3 aromatic heterocycles. The van der Waals surface area contributed by atoms with Gasteiger partial charge in [-0.3, -0.25) is 14.0 Å². The van der Waals surface area contributed by atoms with Crippen LogP contribution in [0.25, 0.3) is 5.65 Å². The molecule has 0 aromatic carbocycles. The fourth-order valence-electron chi connectivity index (χ4n) is 1.81. The Morgan fingerprint density at radius 2 is 2.30 bits per heavy atom. The zero-order chi connectivity index (χ0) is 14.1. The second-order valence-electron chi connectivity index (χ2n) is 4.19. The number of aromatic amines is 1. The summed E-state index contributed by atoms with van der Waals surface area (Å²) in [7, 11) is 0. The summed E-state index contributed by atoms with van der Waals surface area (Å²) >= 11 is 1.43. The molecule has 0 unspecified atom stereocenters. The molecule has 0 fully saturated rings. The van der Waals surface area contributed by atoms with E-state index >= 15 is 0 Å². The Labute approximate surface area is 117 Å². The summed E-state index contributed by atoms with van der Waals surface area (Å²) in [5.41, 5.74) is -0.102. The predicted molar refractivity (Wildman–Crippen MR) is 73.8 cm³/mol. The van der Waals surface area contributed by atoms with E-state index in [2.05, 4.69) is 20.5 Å². The third-order valence-corrected chi connectivity index (χ3v) is 3.78. The van der Waals surface area contributed by atoms with E-state index < -0.39 is 0 Å². The lowest BCUT2D eigenvalue weighted by Gasteiger charge is -2.01. The Kier molecular flexibility index (Phi) is 3.07. The molecule has 7 nitrogen and oxygen atoms in total. The average molecular weight is 289 g/mol. The number of hydrogen-bond donors (Lipinski definition) is 2. The molecule has 1 amide bonds. The van der Waals surface area contributed by atoms with Gasteiger partial charge in [-0.15, -0.1) is 21.5 Å². The number of nitrogens with zero attached hydrogens (tertiary/aromatic N) is 3. The van der Waals surface area contributed by atoms with E-state index in [0.29, 0.717) is 10.7 Å². The Balaban J connectivity index is 1.79. The van der Waals surface area contributed by atoms with Gasteiger partial charge in [0.05, 0.1) is 11.4 Å². The number of hydrogen-bond acceptors (Lipinski definition) is 5. The van der Waals surface area contributed by atoms with Crippen LogP contribution in [-0.2, 0) is 6.54 Å². The van der Waals surface area contributed by atoms with Crippen LogP contribution in [0.3, 0.4) is 0 Å². The average Bonchev–Trinajstić information content (AvgIpc) is 3.03. The first-order valence-corrected chi connectivity index (χ1v) is 6.73. The van der Waals surface area contributed by atoms with Gasteiger partial charge >= 0.3 is 0 Å². The van der Waals surface area contributed by atoms with Crippen LogP contribution in [0, 0.1) is 6.92 Å². The van der Waals surface area contributed by atoms with Gasteiger partial charge in [-0.05, 0) is 19.1 Å². The predicted octanol–water partition coefficient (Wildman–Crippen LogP) is 0.718. The molecule has 0 spiro atoms. The van der Waals surface area contributed by atoms with Crippen molar-refractivity contribution in [3.05, 3.63) is 50.5 Å². The van der Waals surface area contributed by atoms with Crippen LogP contribution in [0.1, 0.15) is 20.4 Å². The molecule has 0 aliphatic heterocycles. The summed E-state index contributed by atoms with van der Waals surface area (Å²) in [6, 6.07) is 3.67. The quantitative estimate of drug-likeness (QED) is 0.743. The van der Waals surface area contributed by atoms with Gasteiger partial charge < -0.3 is 10.3 Å². The van der Waals surface area contributed by atoms with Crippen LogP contribution >= 0.6 is 11.3 Å². The van der Waals surface area contributed by atoms with Gasteiger partial charge in [0.25, 0.3) is 11.5 Å². The van der Waals surface area contributed by atoms with Gasteiger partial charge in [0.1, 0.15) is 0 Å². The maximum absolute atomic E-state index is 11.9. The highest BCUT2D eigenvalue weighted by Gasteiger charge is 2.11. The normalized spacial score (nSPS) is 10.8. The molecule has 3 rings (SSSR count). The highest BCUT2D eigenvalue weighted by Crippen LogP contribution is 2.14. The summed E-state index contributed by atoms with van der Waals surface area (Å²) in [5, 5.41) is 10.5. The van der Waals surface area contributed by atoms with Gasteiger partial charge in [-0.25, -0.2) is 0 Å². The van der Waals surface area contributed by atoms with Crippen molar-refractivity contribution < 1.29 is 4.79 Å². The number of fused-ring (bicyclic) bond motifs is 1. The Morgan fingerprint density at radius 1 is 1.45 bits per heavy atom. The number of carbonyl (C=O) groups is 1. The standard InChI is InChI=1S/C12H11N5O2S/c1-7-2-3-8(20-7)11(18)14-6-9-15-16-10-12(19)13-4-5-17(9)10/h2-5H,6H2,1H3,(H,13,19)(H,14,18). The lowest BCUT2D eigenvalue weighted by atomic mass is 10.4. The maximum atomic E-state index is 11.9. The van der Waals surface area contributed by atoms with Crippen LogP contribution in [0.2, 0.25) is 0 Å². The van der Waals surface area contributed by atoms with E-state index in [1.54, 1.807) is 16.7 Å². The molecule has 3 aromatic rings. The minimum Gasteiger partial charge on any atom is -0.344 e.